The maximum Gasteiger partial charge on any atom is 0.410 e. The van der Waals surface area contributed by atoms with Gasteiger partial charge in [-0.05, 0) is 37.3 Å². The van der Waals surface area contributed by atoms with Crippen LogP contribution >= 0.6 is 0 Å². The molecule has 5 nitrogen and oxygen atoms in total. The molecule has 25 heavy (non-hydrogen) atoms. The fourth-order valence-corrected chi connectivity index (χ4v) is 3.34. The molecule has 5 heteroatoms. The molecular formula is C20H23N3O2. The molecule has 1 N–H and O–H groups in total. The predicted molar refractivity (Wildman–Crippen MR) is 96.2 cm³/mol. The second-order valence-corrected chi connectivity index (χ2v) is 6.75. The van der Waals surface area contributed by atoms with E-state index in [-0.39, 0.29) is 12.1 Å². The van der Waals surface area contributed by atoms with Gasteiger partial charge in [-0.1, -0.05) is 36.4 Å². The summed E-state index contributed by atoms with van der Waals surface area (Å²) >= 11 is 0. The third-order valence-corrected chi connectivity index (χ3v) is 4.81. The molecule has 1 saturated carbocycles. The maximum atomic E-state index is 12.6. The van der Waals surface area contributed by atoms with Crippen LogP contribution in [0.2, 0.25) is 0 Å². The molecule has 0 unspecified atom stereocenters. The van der Waals surface area contributed by atoms with Gasteiger partial charge < -0.3 is 15.0 Å². The summed E-state index contributed by atoms with van der Waals surface area (Å²) in [5.74, 6) is 0.915. The van der Waals surface area contributed by atoms with Gasteiger partial charge in [0.05, 0.1) is 6.04 Å². The van der Waals surface area contributed by atoms with Gasteiger partial charge in [0.15, 0.2) is 0 Å². The summed E-state index contributed by atoms with van der Waals surface area (Å²) in [6, 6.07) is 14.4. The van der Waals surface area contributed by atoms with Gasteiger partial charge in [-0.3, -0.25) is 0 Å². The number of carbonyl (C=O) groups excluding carboxylic acids is 1. The molecular weight excluding hydrogens is 314 g/mol. The van der Waals surface area contributed by atoms with Gasteiger partial charge in [-0.2, -0.15) is 0 Å². The number of anilines is 1. The molecule has 1 amide bonds. The molecule has 2 heterocycles. The molecule has 2 aliphatic rings. The Balaban J connectivity index is 1.46. The van der Waals surface area contributed by atoms with Crippen molar-refractivity contribution in [3.63, 3.8) is 0 Å². The lowest BCUT2D eigenvalue weighted by atomic mass is 10.1. The summed E-state index contributed by atoms with van der Waals surface area (Å²) in [5.41, 5.74) is 2.10. The number of likely N-dealkylation sites (tertiary alicyclic amines) is 1. The normalized spacial score (nSPS) is 19.7. The number of hydrogen-bond donors (Lipinski definition) is 1. The van der Waals surface area contributed by atoms with Crippen LogP contribution in [0.25, 0.3) is 0 Å². The Bertz CT molecular complexity index is 731. The number of aromatic nitrogens is 1. The Kier molecular flexibility index (Phi) is 4.55. The molecule has 130 valence electrons. The van der Waals surface area contributed by atoms with Crippen molar-refractivity contribution in [2.75, 3.05) is 11.9 Å². The van der Waals surface area contributed by atoms with Crippen LogP contribution in [-0.4, -0.2) is 28.6 Å². The SMILES string of the molecule is O=C(OCc1ccccc1)N1CCC[C@H]1c1cccnc1NC1CC1. The Hall–Kier alpha value is -2.56. The molecule has 1 atom stereocenters. The van der Waals surface area contributed by atoms with Crippen molar-refractivity contribution in [1.29, 1.82) is 0 Å². The smallest absolute Gasteiger partial charge is 0.410 e. The average molecular weight is 337 g/mol. The van der Waals surface area contributed by atoms with Crippen molar-refractivity contribution in [2.45, 2.75) is 44.4 Å². The second kappa shape index (κ2) is 7.13. The highest BCUT2D eigenvalue weighted by Gasteiger charge is 2.33. The molecule has 1 aromatic heterocycles. The summed E-state index contributed by atoms with van der Waals surface area (Å²) in [4.78, 5) is 19.0. The number of carbonyl (C=O) groups is 1. The second-order valence-electron chi connectivity index (χ2n) is 6.75. The maximum absolute atomic E-state index is 12.6. The van der Waals surface area contributed by atoms with Crippen LogP contribution in [0.5, 0.6) is 0 Å². The summed E-state index contributed by atoms with van der Waals surface area (Å²) in [6.45, 7) is 1.04. The Labute approximate surface area is 148 Å². The van der Waals surface area contributed by atoms with E-state index in [1.165, 1.54) is 12.8 Å². The van der Waals surface area contributed by atoms with E-state index in [9.17, 15) is 4.79 Å². The van der Waals surface area contributed by atoms with Crippen molar-refractivity contribution in [3.8, 4) is 0 Å². The van der Waals surface area contributed by atoms with Gasteiger partial charge in [0.2, 0.25) is 0 Å². The first kappa shape index (κ1) is 15.9. The van der Waals surface area contributed by atoms with E-state index in [0.717, 1.165) is 36.3 Å². The molecule has 1 aliphatic heterocycles. The van der Waals surface area contributed by atoms with Crippen molar-refractivity contribution in [2.24, 2.45) is 0 Å². The van der Waals surface area contributed by atoms with Crippen molar-refractivity contribution < 1.29 is 9.53 Å². The topological polar surface area (TPSA) is 54.5 Å². The fraction of sp³-hybridized carbons (Fsp3) is 0.400. The van der Waals surface area contributed by atoms with Crippen LogP contribution in [0, 0.1) is 0 Å². The lowest BCUT2D eigenvalue weighted by Gasteiger charge is -2.26. The van der Waals surface area contributed by atoms with Crippen LogP contribution in [0.1, 0.15) is 42.9 Å². The highest BCUT2D eigenvalue weighted by Crippen LogP contribution is 2.37. The Morgan fingerprint density at radius 1 is 1.16 bits per heavy atom. The number of amides is 1. The van der Waals surface area contributed by atoms with Gasteiger partial charge >= 0.3 is 6.09 Å². The number of rotatable bonds is 5. The lowest BCUT2D eigenvalue weighted by Crippen LogP contribution is -2.31. The van der Waals surface area contributed by atoms with E-state index in [4.69, 9.17) is 4.74 Å². The molecule has 2 fully saturated rings. The summed E-state index contributed by atoms with van der Waals surface area (Å²) in [5, 5.41) is 3.49. The highest BCUT2D eigenvalue weighted by atomic mass is 16.6. The van der Waals surface area contributed by atoms with E-state index < -0.39 is 0 Å². The largest absolute Gasteiger partial charge is 0.445 e. The van der Waals surface area contributed by atoms with E-state index in [1.807, 2.05) is 41.3 Å². The molecule has 1 aliphatic carbocycles. The van der Waals surface area contributed by atoms with Crippen LogP contribution in [0.15, 0.2) is 48.7 Å². The van der Waals surface area contributed by atoms with Gasteiger partial charge in [-0.25, -0.2) is 9.78 Å². The third kappa shape index (κ3) is 3.76. The van der Waals surface area contributed by atoms with Crippen molar-refractivity contribution in [3.05, 3.63) is 59.8 Å². The molecule has 0 bridgehead atoms. The van der Waals surface area contributed by atoms with Gasteiger partial charge in [0.1, 0.15) is 12.4 Å². The van der Waals surface area contributed by atoms with Crippen LogP contribution in [0.4, 0.5) is 10.6 Å². The van der Waals surface area contributed by atoms with Crippen molar-refractivity contribution in [1.82, 2.24) is 9.88 Å². The summed E-state index contributed by atoms with van der Waals surface area (Å²) in [6.07, 6.45) is 5.90. The van der Waals surface area contributed by atoms with Crippen molar-refractivity contribution >= 4 is 11.9 Å². The van der Waals surface area contributed by atoms with Gasteiger partial charge in [-0.15, -0.1) is 0 Å². The Morgan fingerprint density at radius 3 is 2.80 bits per heavy atom. The number of nitrogens with one attached hydrogen (secondary N) is 1. The first-order valence-electron chi connectivity index (χ1n) is 9.00. The van der Waals surface area contributed by atoms with Crippen LogP contribution in [0.3, 0.4) is 0 Å². The van der Waals surface area contributed by atoms with E-state index in [1.54, 1.807) is 6.20 Å². The zero-order valence-corrected chi connectivity index (χ0v) is 14.2. The number of benzene rings is 1. The van der Waals surface area contributed by atoms with Crippen LogP contribution in [-0.2, 0) is 11.3 Å². The lowest BCUT2D eigenvalue weighted by molar-refractivity contribution is 0.0921. The first-order chi connectivity index (χ1) is 12.3. The standard InChI is InChI=1S/C20H23N3O2/c24-20(25-14-15-6-2-1-3-7-15)23-13-5-9-18(23)17-8-4-12-21-19(17)22-16-10-11-16/h1-4,6-8,12,16,18H,5,9-11,13-14H2,(H,21,22)/t18-/m0/s1. The van der Waals surface area contributed by atoms with E-state index >= 15 is 0 Å². The van der Waals surface area contributed by atoms with E-state index in [2.05, 4.69) is 16.4 Å². The molecule has 4 rings (SSSR count). The third-order valence-electron chi connectivity index (χ3n) is 4.81. The predicted octanol–water partition coefficient (Wildman–Crippen LogP) is 4.13. The highest BCUT2D eigenvalue weighted by molar-refractivity contribution is 5.69. The molecule has 0 spiro atoms. The van der Waals surface area contributed by atoms with Crippen LogP contribution < -0.4 is 5.32 Å². The zero-order valence-electron chi connectivity index (χ0n) is 14.2. The first-order valence-corrected chi connectivity index (χ1v) is 9.00. The zero-order chi connectivity index (χ0) is 17.1. The van der Waals surface area contributed by atoms with Gasteiger partial charge in [0.25, 0.3) is 0 Å². The number of hydrogen-bond acceptors (Lipinski definition) is 4. The molecule has 0 radical (unpaired) electrons. The average Bonchev–Trinajstić information content (AvgIpc) is 3.33. The summed E-state index contributed by atoms with van der Waals surface area (Å²) in [7, 11) is 0. The fourth-order valence-electron chi connectivity index (χ4n) is 3.34. The minimum absolute atomic E-state index is 0.0400. The minimum Gasteiger partial charge on any atom is -0.445 e. The quantitative estimate of drug-likeness (QED) is 0.891. The molecule has 1 saturated heterocycles. The number of pyridine rings is 1. The van der Waals surface area contributed by atoms with Gasteiger partial charge in [0, 0.05) is 24.3 Å². The monoisotopic (exact) mass is 337 g/mol. The Morgan fingerprint density at radius 2 is 2.00 bits per heavy atom. The molecule has 2 aromatic rings. The summed E-state index contributed by atoms with van der Waals surface area (Å²) < 4.78 is 5.54. The minimum atomic E-state index is -0.243. The molecule has 1 aromatic carbocycles. The van der Waals surface area contributed by atoms with E-state index in [0.29, 0.717) is 12.6 Å². The number of ether oxygens (including phenoxy) is 1. The number of nitrogens with zero attached hydrogens (tertiary/aromatic N) is 2.